The average Bonchev–Trinajstić information content (AvgIpc) is 2.87. The van der Waals surface area contributed by atoms with Gasteiger partial charge < -0.3 is 9.26 Å². The predicted molar refractivity (Wildman–Crippen MR) is 48.8 cm³/mol. The molecule has 82 valence electrons. The number of nitrogens with zero attached hydrogens (tertiary/aromatic N) is 2. The molecule has 2 rings (SSSR count). The maximum absolute atomic E-state index is 11.7. The molecule has 0 spiro atoms. The molecule has 2 heterocycles. The third kappa shape index (κ3) is 2.16. The van der Waals surface area contributed by atoms with Crippen LogP contribution in [0.4, 0.5) is 0 Å². The Morgan fingerprint density at radius 2 is 2.60 bits per heavy atom. The molecular formula is C9H12N2O4. The molecule has 1 fully saturated rings. The highest BCUT2D eigenvalue weighted by Crippen LogP contribution is 2.12. The van der Waals surface area contributed by atoms with Crippen molar-refractivity contribution in [3.05, 3.63) is 17.5 Å². The lowest BCUT2D eigenvalue weighted by molar-refractivity contribution is -0.0773. The van der Waals surface area contributed by atoms with Gasteiger partial charge in [-0.1, -0.05) is 5.16 Å². The molecule has 0 saturated carbocycles. The second-order valence-corrected chi connectivity index (χ2v) is 3.21. The van der Waals surface area contributed by atoms with Gasteiger partial charge in [0.25, 0.3) is 5.91 Å². The zero-order valence-corrected chi connectivity index (χ0v) is 8.43. The van der Waals surface area contributed by atoms with Crippen LogP contribution in [-0.2, 0) is 16.2 Å². The Morgan fingerprint density at radius 1 is 1.73 bits per heavy atom. The minimum absolute atomic E-state index is 0.254. The fourth-order valence-electron chi connectivity index (χ4n) is 1.36. The number of hydroxylamine groups is 2. The number of carbonyl (C=O) groups is 1. The summed E-state index contributed by atoms with van der Waals surface area (Å²) in [6.07, 6.45) is 0.856. The molecule has 0 unspecified atom stereocenters. The average molecular weight is 212 g/mol. The summed E-state index contributed by atoms with van der Waals surface area (Å²) in [4.78, 5) is 16.8. The molecule has 15 heavy (non-hydrogen) atoms. The lowest BCUT2D eigenvalue weighted by Crippen LogP contribution is -2.26. The van der Waals surface area contributed by atoms with E-state index >= 15 is 0 Å². The number of methoxy groups -OCH3 is 1. The van der Waals surface area contributed by atoms with Gasteiger partial charge in [-0.25, -0.2) is 5.06 Å². The molecule has 1 aromatic heterocycles. The number of aromatic nitrogens is 1. The van der Waals surface area contributed by atoms with Gasteiger partial charge in [-0.3, -0.25) is 9.63 Å². The Morgan fingerprint density at radius 3 is 3.27 bits per heavy atom. The molecule has 0 aromatic carbocycles. The van der Waals surface area contributed by atoms with Crippen molar-refractivity contribution < 1.29 is 18.9 Å². The number of hydrogen-bond acceptors (Lipinski definition) is 5. The van der Waals surface area contributed by atoms with Gasteiger partial charge >= 0.3 is 0 Å². The Kier molecular flexibility index (Phi) is 2.98. The lowest BCUT2D eigenvalue weighted by Gasteiger charge is -2.10. The van der Waals surface area contributed by atoms with E-state index in [0.717, 1.165) is 6.42 Å². The summed E-state index contributed by atoms with van der Waals surface area (Å²) in [6.45, 7) is 1.49. The summed E-state index contributed by atoms with van der Waals surface area (Å²) >= 11 is 0. The predicted octanol–water partition coefficient (Wildman–Crippen LogP) is 0.599. The first-order chi connectivity index (χ1) is 7.31. The van der Waals surface area contributed by atoms with Crippen molar-refractivity contribution in [2.45, 2.75) is 13.0 Å². The second-order valence-electron chi connectivity index (χ2n) is 3.21. The second kappa shape index (κ2) is 4.41. The molecule has 6 heteroatoms. The Labute approximate surface area is 86.7 Å². The van der Waals surface area contributed by atoms with Crippen LogP contribution in [0, 0.1) is 0 Å². The van der Waals surface area contributed by atoms with Gasteiger partial charge in [-0.05, 0) is 6.42 Å². The zero-order valence-electron chi connectivity index (χ0n) is 8.43. The number of rotatable bonds is 3. The van der Waals surface area contributed by atoms with Crippen LogP contribution in [0.5, 0.6) is 0 Å². The van der Waals surface area contributed by atoms with Crippen LogP contribution in [-0.4, -0.2) is 36.4 Å². The quantitative estimate of drug-likeness (QED) is 0.734. The SMILES string of the molecule is COCc1cc(C(=O)N2CCCO2)no1. The van der Waals surface area contributed by atoms with E-state index in [0.29, 0.717) is 25.5 Å². The Bertz CT molecular complexity index is 344. The van der Waals surface area contributed by atoms with E-state index in [1.54, 1.807) is 13.2 Å². The van der Waals surface area contributed by atoms with E-state index in [-0.39, 0.29) is 11.6 Å². The van der Waals surface area contributed by atoms with Gasteiger partial charge in [0.05, 0.1) is 13.2 Å². The molecule has 6 nitrogen and oxygen atoms in total. The van der Waals surface area contributed by atoms with Crippen molar-refractivity contribution in [3.8, 4) is 0 Å². The molecule has 1 amide bonds. The number of amides is 1. The Hall–Kier alpha value is -1.40. The monoisotopic (exact) mass is 212 g/mol. The molecule has 0 aliphatic carbocycles. The molecule has 1 aliphatic rings. The van der Waals surface area contributed by atoms with Gasteiger partial charge in [0.15, 0.2) is 11.5 Å². The van der Waals surface area contributed by atoms with Gasteiger partial charge in [0, 0.05) is 13.2 Å². The molecule has 0 radical (unpaired) electrons. The summed E-state index contributed by atoms with van der Waals surface area (Å²) in [5.74, 6) is 0.263. The fraction of sp³-hybridized carbons (Fsp3) is 0.556. The van der Waals surface area contributed by atoms with Crippen LogP contribution < -0.4 is 0 Å². The van der Waals surface area contributed by atoms with Crippen LogP contribution in [0.25, 0.3) is 0 Å². The van der Waals surface area contributed by atoms with Crippen molar-refractivity contribution >= 4 is 5.91 Å². The molecule has 0 atom stereocenters. The highest BCUT2D eigenvalue weighted by atomic mass is 16.7. The third-order valence-corrected chi connectivity index (χ3v) is 2.04. The first kappa shape index (κ1) is 10.1. The molecule has 1 saturated heterocycles. The smallest absolute Gasteiger partial charge is 0.299 e. The van der Waals surface area contributed by atoms with Crippen molar-refractivity contribution in [2.75, 3.05) is 20.3 Å². The van der Waals surface area contributed by atoms with Crippen molar-refractivity contribution in [3.63, 3.8) is 0 Å². The van der Waals surface area contributed by atoms with Crippen LogP contribution in [0.3, 0.4) is 0 Å². The first-order valence-corrected chi connectivity index (χ1v) is 4.70. The molecule has 1 aromatic rings. The van der Waals surface area contributed by atoms with Crippen LogP contribution in [0.1, 0.15) is 22.7 Å². The van der Waals surface area contributed by atoms with E-state index in [2.05, 4.69) is 5.16 Å². The Balaban J connectivity index is 2.04. The van der Waals surface area contributed by atoms with Crippen LogP contribution >= 0.6 is 0 Å². The summed E-state index contributed by atoms with van der Waals surface area (Å²) in [5, 5.41) is 4.95. The highest BCUT2D eigenvalue weighted by Gasteiger charge is 2.23. The molecule has 1 aliphatic heterocycles. The van der Waals surface area contributed by atoms with E-state index in [9.17, 15) is 4.79 Å². The topological polar surface area (TPSA) is 64.8 Å². The lowest BCUT2D eigenvalue weighted by atomic mass is 10.3. The van der Waals surface area contributed by atoms with Gasteiger partial charge in [0.1, 0.15) is 6.61 Å². The summed E-state index contributed by atoms with van der Waals surface area (Å²) < 4.78 is 9.76. The standard InChI is InChI=1S/C9H12N2O4/c1-13-6-7-5-8(10-15-7)9(12)11-3-2-4-14-11/h5H,2-4,6H2,1H3. The van der Waals surface area contributed by atoms with Crippen molar-refractivity contribution in [1.29, 1.82) is 0 Å². The largest absolute Gasteiger partial charge is 0.377 e. The summed E-state index contributed by atoms with van der Waals surface area (Å²) in [6, 6.07) is 1.56. The van der Waals surface area contributed by atoms with Crippen molar-refractivity contribution in [2.24, 2.45) is 0 Å². The molecular weight excluding hydrogens is 200 g/mol. The number of carbonyl (C=O) groups excluding carboxylic acids is 1. The maximum Gasteiger partial charge on any atom is 0.299 e. The molecule has 0 bridgehead atoms. The molecule has 0 N–H and O–H groups in total. The van der Waals surface area contributed by atoms with Crippen LogP contribution in [0.15, 0.2) is 10.6 Å². The third-order valence-electron chi connectivity index (χ3n) is 2.04. The normalized spacial score (nSPS) is 15.9. The van der Waals surface area contributed by atoms with E-state index in [1.165, 1.54) is 5.06 Å². The first-order valence-electron chi connectivity index (χ1n) is 4.70. The van der Waals surface area contributed by atoms with E-state index < -0.39 is 0 Å². The summed E-state index contributed by atoms with van der Waals surface area (Å²) in [5.41, 5.74) is 0.254. The minimum atomic E-state index is -0.265. The highest BCUT2D eigenvalue weighted by molar-refractivity contribution is 5.91. The number of hydrogen-bond donors (Lipinski definition) is 0. The minimum Gasteiger partial charge on any atom is -0.377 e. The van der Waals surface area contributed by atoms with Crippen LogP contribution in [0.2, 0.25) is 0 Å². The van der Waals surface area contributed by atoms with Crippen molar-refractivity contribution in [1.82, 2.24) is 10.2 Å². The number of ether oxygens (including phenoxy) is 1. The summed E-state index contributed by atoms with van der Waals surface area (Å²) in [7, 11) is 1.55. The van der Waals surface area contributed by atoms with Gasteiger partial charge in [0.2, 0.25) is 0 Å². The maximum atomic E-state index is 11.7. The fourth-order valence-corrected chi connectivity index (χ4v) is 1.36. The zero-order chi connectivity index (χ0) is 10.7. The van der Waals surface area contributed by atoms with E-state index in [4.69, 9.17) is 14.1 Å². The van der Waals surface area contributed by atoms with Gasteiger partial charge in [-0.2, -0.15) is 0 Å². The van der Waals surface area contributed by atoms with Gasteiger partial charge in [-0.15, -0.1) is 0 Å². The van der Waals surface area contributed by atoms with E-state index in [1.807, 2.05) is 0 Å².